The van der Waals surface area contributed by atoms with Crippen LogP contribution in [0.3, 0.4) is 0 Å². The number of hydrogen-bond donors (Lipinski definition) is 1. The highest BCUT2D eigenvalue weighted by Crippen LogP contribution is 2.51. The Labute approximate surface area is 213 Å². The summed E-state index contributed by atoms with van der Waals surface area (Å²) in [7, 11) is 0. The number of fused-ring (bicyclic) bond motifs is 1. The maximum Gasteiger partial charge on any atom is 0.153 e. The fourth-order valence-electron chi connectivity index (χ4n) is 6.31. The van der Waals surface area contributed by atoms with Crippen molar-refractivity contribution >= 4 is 16.7 Å². The molecule has 0 spiro atoms. The Kier molecular flexibility index (Phi) is 7.20. The number of oxime groups is 1. The Balaban J connectivity index is 1.34. The van der Waals surface area contributed by atoms with Gasteiger partial charge in [0.25, 0.3) is 0 Å². The number of furan rings is 1. The van der Waals surface area contributed by atoms with Crippen molar-refractivity contribution in [3.05, 3.63) is 70.5 Å². The highest BCUT2D eigenvalue weighted by atomic mass is 16.6. The molecule has 1 atom stereocenters. The zero-order valence-corrected chi connectivity index (χ0v) is 21.9. The molecule has 2 aromatic carbocycles. The molecule has 1 aliphatic heterocycles. The predicted octanol–water partition coefficient (Wildman–Crippen LogP) is 5.14. The molecule has 5 rings (SSSR count). The Hall–Kier alpha value is -2.67. The van der Waals surface area contributed by atoms with Crippen molar-refractivity contribution in [3.63, 3.8) is 0 Å². The number of hydrogen-bond acceptors (Lipinski definition) is 6. The van der Waals surface area contributed by atoms with E-state index >= 15 is 0 Å². The van der Waals surface area contributed by atoms with Crippen molar-refractivity contribution in [1.82, 2.24) is 4.90 Å². The van der Waals surface area contributed by atoms with Gasteiger partial charge in [0.2, 0.25) is 0 Å². The quantitative estimate of drug-likeness (QED) is 0.350. The fraction of sp³-hybridized carbons (Fsp3) is 0.500. The van der Waals surface area contributed by atoms with Crippen LogP contribution in [0.5, 0.6) is 0 Å². The lowest BCUT2D eigenvalue weighted by Crippen LogP contribution is -2.44. The number of nitrogens with zero attached hydrogens (tertiary/aromatic N) is 2. The largest absolute Gasteiger partial charge is 0.455 e. The lowest BCUT2D eigenvalue weighted by Gasteiger charge is -2.47. The van der Waals surface area contributed by atoms with Crippen LogP contribution in [0.2, 0.25) is 0 Å². The normalized spacial score (nSPS) is 24.0. The van der Waals surface area contributed by atoms with Crippen LogP contribution in [-0.4, -0.2) is 61.3 Å². The lowest BCUT2D eigenvalue weighted by molar-refractivity contribution is -0.0136. The highest BCUT2D eigenvalue weighted by molar-refractivity contribution is 6.03. The van der Waals surface area contributed by atoms with Gasteiger partial charge < -0.3 is 19.1 Å². The first-order valence-electron chi connectivity index (χ1n) is 13.1. The molecule has 1 unspecified atom stereocenters. The standard InChI is InChI=1S/C30H38N2O4/c1-20-13-21(2)28(22(3)14-20)30(4)16-24(17-30)29(27-15-23-7-5-6-8-26(23)36-27)31-35-19-25(33)18-32-9-11-34-12-10-32/h5-8,13-15,24-25,33H,9-12,16-19H2,1-4H3. The smallest absolute Gasteiger partial charge is 0.153 e. The molecule has 1 N–H and O–H groups in total. The summed E-state index contributed by atoms with van der Waals surface area (Å²) in [5.74, 6) is 0.982. The van der Waals surface area contributed by atoms with Crippen LogP contribution in [0.4, 0.5) is 0 Å². The second kappa shape index (κ2) is 10.4. The van der Waals surface area contributed by atoms with Crippen LogP contribution in [0.1, 0.15) is 47.8 Å². The number of ether oxygens (including phenoxy) is 1. The number of aliphatic hydroxyl groups is 1. The summed E-state index contributed by atoms with van der Waals surface area (Å²) < 4.78 is 11.6. The Bertz CT molecular complexity index is 1180. The van der Waals surface area contributed by atoms with E-state index in [0.29, 0.717) is 19.8 Å². The molecular weight excluding hydrogens is 452 g/mol. The Morgan fingerprint density at radius 3 is 2.50 bits per heavy atom. The van der Waals surface area contributed by atoms with E-state index in [1.807, 2.05) is 18.2 Å². The number of benzene rings is 2. The molecule has 0 amide bonds. The van der Waals surface area contributed by atoms with E-state index in [1.54, 1.807) is 0 Å². The number of aryl methyl sites for hydroxylation is 3. The van der Waals surface area contributed by atoms with Gasteiger partial charge in [-0.2, -0.15) is 0 Å². The topological polar surface area (TPSA) is 67.4 Å². The molecule has 2 heterocycles. The lowest BCUT2D eigenvalue weighted by atomic mass is 9.57. The maximum absolute atomic E-state index is 10.5. The van der Waals surface area contributed by atoms with Gasteiger partial charge in [0.1, 0.15) is 24.0 Å². The van der Waals surface area contributed by atoms with E-state index in [1.165, 1.54) is 22.3 Å². The molecule has 6 heteroatoms. The van der Waals surface area contributed by atoms with Crippen LogP contribution in [-0.2, 0) is 15.0 Å². The minimum Gasteiger partial charge on any atom is -0.455 e. The van der Waals surface area contributed by atoms with Crippen molar-refractivity contribution in [2.45, 2.75) is 52.1 Å². The Morgan fingerprint density at radius 1 is 1.11 bits per heavy atom. The van der Waals surface area contributed by atoms with Gasteiger partial charge >= 0.3 is 0 Å². The van der Waals surface area contributed by atoms with Crippen molar-refractivity contribution < 1.29 is 19.1 Å². The molecule has 1 aliphatic carbocycles. The third-order valence-electron chi connectivity index (χ3n) is 7.74. The van der Waals surface area contributed by atoms with Crippen molar-refractivity contribution in [2.24, 2.45) is 11.1 Å². The van der Waals surface area contributed by atoms with E-state index in [2.05, 4.69) is 62.0 Å². The molecule has 1 saturated carbocycles. The number of β-amino-alcohol motifs (C(OH)–C–C–N with tert-alkyl or cyclic N) is 1. The van der Waals surface area contributed by atoms with E-state index < -0.39 is 6.10 Å². The van der Waals surface area contributed by atoms with Crippen LogP contribution in [0.15, 0.2) is 52.0 Å². The van der Waals surface area contributed by atoms with Crippen LogP contribution in [0, 0.1) is 26.7 Å². The molecule has 6 nitrogen and oxygen atoms in total. The second-order valence-corrected chi connectivity index (χ2v) is 10.9. The maximum atomic E-state index is 10.5. The first-order valence-corrected chi connectivity index (χ1v) is 13.1. The summed E-state index contributed by atoms with van der Waals surface area (Å²) >= 11 is 0. The van der Waals surface area contributed by atoms with Crippen LogP contribution < -0.4 is 0 Å². The first kappa shape index (κ1) is 25.0. The highest BCUT2D eigenvalue weighted by Gasteiger charge is 2.46. The molecule has 2 aliphatic rings. The molecule has 2 fully saturated rings. The molecule has 0 radical (unpaired) electrons. The zero-order chi connectivity index (χ0) is 25.3. The van der Waals surface area contributed by atoms with E-state index in [9.17, 15) is 5.11 Å². The monoisotopic (exact) mass is 490 g/mol. The van der Waals surface area contributed by atoms with E-state index in [-0.39, 0.29) is 17.9 Å². The number of para-hydroxylation sites is 1. The second-order valence-electron chi connectivity index (χ2n) is 10.9. The zero-order valence-electron chi connectivity index (χ0n) is 21.9. The van der Waals surface area contributed by atoms with E-state index in [4.69, 9.17) is 14.0 Å². The number of aliphatic hydroxyl groups excluding tert-OH is 1. The van der Waals surface area contributed by atoms with Gasteiger partial charge in [0, 0.05) is 30.9 Å². The minimum atomic E-state index is -0.603. The van der Waals surface area contributed by atoms with E-state index in [0.717, 1.165) is 48.4 Å². The van der Waals surface area contributed by atoms with Crippen LogP contribution in [0.25, 0.3) is 11.0 Å². The molecule has 36 heavy (non-hydrogen) atoms. The fourth-order valence-corrected chi connectivity index (χ4v) is 6.31. The van der Waals surface area contributed by atoms with Gasteiger partial charge in [-0.25, -0.2) is 0 Å². The third kappa shape index (κ3) is 5.22. The summed E-state index contributed by atoms with van der Waals surface area (Å²) in [6.45, 7) is 12.8. The summed E-state index contributed by atoms with van der Waals surface area (Å²) in [4.78, 5) is 7.96. The summed E-state index contributed by atoms with van der Waals surface area (Å²) in [6, 6.07) is 14.7. The van der Waals surface area contributed by atoms with Gasteiger partial charge in [-0.1, -0.05) is 48.0 Å². The van der Waals surface area contributed by atoms with Crippen molar-refractivity contribution in [1.29, 1.82) is 0 Å². The molecule has 3 aromatic rings. The van der Waals surface area contributed by atoms with Gasteiger partial charge in [-0.3, -0.25) is 4.90 Å². The average molecular weight is 491 g/mol. The first-order chi connectivity index (χ1) is 17.3. The number of morpholine rings is 1. The molecular formula is C30H38N2O4. The average Bonchev–Trinajstić information content (AvgIpc) is 3.24. The van der Waals surface area contributed by atoms with Gasteiger partial charge in [-0.15, -0.1) is 0 Å². The summed E-state index contributed by atoms with van der Waals surface area (Å²) in [6.07, 6.45) is 1.36. The summed E-state index contributed by atoms with van der Waals surface area (Å²) in [5, 5.41) is 16.2. The van der Waals surface area contributed by atoms with Gasteiger partial charge in [0.05, 0.1) is 13.2 Å². The summed E-state index contributed by atoms with van der Waals surface area (Å²) in [5.41, 5.74) is 7.26. The molecule has 192 valence electrons. The van der Waals surface area contributed by atoms with Crippen molar-refractivity contribution in [2.75, 3.05) is 39.5 Å². The minimum absolute atomic E-state index is 0.0924. The molecule has 1 aromatic heterocycles. The van der Waals surface area contributed by atoms with Gasteiger partial charge in [-0.05, 0) is 67.9 Å². The van der Waals surface area contributed by atoms with Gasteiger partial charge in [0.15, 0.2) is 5.76 Å². The third-order valence-corrected chi connectivity index (χ3v) is 7.74. The predicted molar refractivity (Wildman–Crippen MR) is 143 cm³/mol. The van der Waals surface area contributed by atoms with Crippen molar-refractivity contribution in [3.8, 4) is 0 Å². The SMILES string of the molecule is Cc1cc(C)c(C2(C)CC(C(=NOCC(O)CN3CCOCC3)c3cc4ccccc4o3)C2)c(C)c1. The van der Waals surface area contributed by atoms with Crippen LogP contribution >= 0.6 is 0 Å². The molecule has 1 saturated heterocycles. The molecule has 0 bridgehead atoms. The number of rotatable bonds is 8. The Morgan fingerprint density at radius 2 is 1.81 bits per heavy atom.